The molecule has 0 aromatic carbocycles. The fraction of sp³-hybridized carbons (Fsp3) is 0.889. The van der Waals surface area contributed by atoms with Crippen molar-refractivity contribution in [3.05, 3.63) is 0 Å². The molecule has 0 aromatic rings. The summed E-state index contributed by atoms with van der Waals surface area (Å²) in [7, 11) is 1.51. The lowest BCUT2D eigenvalue weighted by molar-refractivity contribution is -0.111. The molecule has 3 atom stereocenters. The molecule has 1 N–H and O–H groups in total. The Morgan fingerprint density at radius 3 is 2.38 bits per heavy atom. The van der Waals surface area contributed by atoms with Crippen molar-refractivity contribution >= 4 is 0 Å². The van der Waals surface area contributed by atoms with Crippen LogP contribution in [0.15, 0.2) is 0 Å². The number of hydrogen-bond donors (Lipinski definition) is 1. The maximum absolute atomic E-state index is 9.17. The van der Waals surface area contributed by atoms with Crippen LogP contribution in [0.5, 0.6) is 0 Å². The molecular formula is C9H17NO3. The van der Waals surface area contributed by atoms with Gasteiger partial charge in [-0.2, -0.15) is 5.26 Å². The second-order valence-electron chi connectivity index (χ2n) is 3.34. The van der Waals surface area contributed by atoms with E-state index in [0.29, 0.717) is 0 Å². The summed E-state index contributed by atoms with van der Waals surface area (Å²) in [6.07, 6.45) is -0.968. The maximum atomic E-state index is 9.17. The van der Waals surface area contributed by atoms with Crippen LogP contribution in [0.25, 0.3) is 0 Å². The summed E-state index contributed by atoms with van der Waals surface area (Å²) in [5.41, 5.74) is -0.981. The van der Waals surface area contributed by atoms with E-state index in [1.807, 2.05) is 6.07 Å². The first-order valence-corrected chi connectivity index (χ1v) is 4.21. The molecule has 0 saturated heterocycles. The van der Waals surface area contributed by atoms with Gasteiger partial charge in [-0.25, -0.2) is 0 Å². The van der Waals surface area contributed by atoms with Crippen LogP contribution in [0.4, 0.5) is 0 Å². The quantitative estimate of drug-likeness (QED) is 0.688. The van der Waals surface area contributed by atoms with Crippen molar-refractivity contribution < 1.29 is 14.6 Å². The molecule has 0 amide bonds. The van der Waals surface area contributed by atoms with Crippen LogP contribution in [-0.2, 0) is 9.47 Å². The molecule has 0 bridgehead atoms. The standard InChI is InChI=1S/C9H17NO3/c1-7(11)8(2)13-9(3,5-10)6-12-4/h7-8,11H,6H2,1-4H3. The zero-order valence-corrected chi connectivity index (χ0v) is 8.57. The van der Waals surface area contributed by atoms with Gasteiger partial charge >= 0.3 is 0 Å². The van der Waals surface area contributed by atoms with Crippen LogP contribution in [0.2, 0.25) is 0 Å². The van der Waals surface area contributed by atoms with Crippen molar-refractivity contribution in [2.75, 3.05) is 13.7 Å². The van der Waals surface area contributed by atoms with Crippen molar-refractivity contribution in [1.82, 2.24) is 0 Å². The van der Waals surface area contributed by atoms with Gasteiger partial charge in [-0.05, 0) is 20.8 Å². The highest BCUT2D eigenvalue weighted by Gasteiger charge is 2.28. The second-order valence-corrected chi connectivity index (χ2v) is 3.34. The fourth-order valence-electron chi connectivity index (χ4n) is 0.877. The van der Waals surface area contributed by atoms with Crippen molar-refractivity contribution in [2.24, 2.45) is 0 Å². The lowest BCUT2D eigenvalue weighted by Gasteiger charge is -2.27. The third-order valence-electron chi connectivity index (χ3n) is 1.78. The van der Waals surface area contributed by atoms with Gasteiger partial charge in [0.15, 0.2) is 5.60 Å². The van der Waals surface area contributed by atoms with Gasteiger partial charge in [-0.3, -0.25) is 0 Å². The Hall–Kier alpha value is -0.630. The number of nitriles is 1. The molecule has 4 heteroatoms. The molecule has 0 spiro atoms. The fourth-order valence-corrected chi connectivity index (χ4v) is 0.877. The first-order chi connectivity index (χ1) is 5.95. The number of aliphatic hydroxyl groups excluding tert-OH is 1. The Bertz CT molecular complexity index is 188. The largest absolute Gasteiger partial charge is 0.391 e. The van der Waals surface area contributed by atoms with E-state index >= 15 is 0 Å². The van der Waals surface area contributed by atoms with Gasteiger partial charge in [0, 0.05) is 7.11 Å². The number of ether oxygens (including phenoxy) is 2. The number of rotatable bonds is 5. The lowest BCUT2D eigenvalue weighted by Crippen LogP contribution is -2.39. The third kappa shape index (κ3) is 4.23. The summed E-state index contributed by atoms with van der Waals surface area (Å²) in [6.45, 7) is 5.17. The molecule has 0 heterocycles. The van der Waals surface area contributed by atoms with Crippen molar-refractivity contribution in [1.29, 1.82) is 5.26 Å². The van der Waals surface area contributed by atoms with Gasteiger partial charge in [0.1, 0.15) is 0 Å². The van der Waals surface area contributed by atoms with Crippen molar-refractivity contribution in [3.63, 3.8) is 0 Å². The average molecular weight is 187 g/mol. The van der Waals surface area contributed by atoms with Gasteiger partial charge in [-0.15, -0.1) is 0 Å². The van der Waals surface area contributed by atoms with E-state index in [0.717, 1.165) is 0 Å². The Morgan fingerprint density at radius 1 is 1.54 bits per heavy atom. The van der Waals surface area contributed by atoms with Gasteiger partial charge in [0.05, 0.1) is 24.9 Å². The summed E-state index contributed by atoms with van der Waals surface area (Å²) in [5.74, 6) is 0. The topological polar surface area (TPSA) is 62.5 Å². The van der Waals surface area contributed by atoms with Gasteiger partial charge in [-0.1, -0.05) is 0 Å². The third-order valence-corrected chi connectivity index (χ3v) is 1.78. The van der Waals surface area contributed by atoms with E-state index in [1.165, 1.54) is 7.11 Å². The highest BCUT2D eigenvalue weighted by molar-refractivity contribution is 4.99. The molecule has 0 saturated carbocycles. The molecule has 76 valence electrons. The van der Waals surface area contributed by atoms with Gasteiger partial charge < -0.3 is 14.6 Å². The Balaban J connectivity index is 4.20. The van der Waals surface area contributed by atoms with E-state index < -0.39 is 11.7 Å². The minimum Gasteiger partial charge on any atom is -0.391 e. The van der Waals surface area contributed by atoms with Crippen molar-refractivity contribution in [3.8, 4) is 6.07 Å². The molecule has 0 rings (SSSR count). The Labute approximate surface area is 79.1 Å². The zero-order valence-electron chi connectivity index (χ0n) is 8.57. The summed E-state index contributed by atoms with van der Waals surface area (Å²) < 4.78 is 10.2. The SMILES string of the molecule is COCC(C)(C#N)OC(C)C(C)O. The molecule has 4 nitrogen and oxygen atoms in total. The maximum Gasteiger partial charge on any atom is 0.174 e. The molecule has 13 heavy (non-hydrogen) atoms. The smallest absolute Gasteiger partial charge is 0.174 e. The number of methoxy groups -OCH3 is 1. The number of hydrogen-bond acceptors (Lipinski definition) is 4. The monoisotopic (exact) mass is 187 g/mol. The van der Waals surface area contributed by atoms with Crippen LogP contribution >= 0.6 is 0 Å². The zero-order chi connectivity index (χ0) is 10.5. The highest BCUT2D eigenvalue weighted by Crippen LogP contribution is 2.14. The van der Waals surface area contributed by atoms with E-state index in [9.17, 15) is 5.11 Å². The number of nitrogens with zero attached hydrogens (tertiary/aromatic N) is 1. The average Bonchev–Trinajstić information content (AvgIpc) is 2.04. The predicted octanol–water partition coefficient (Wildman–Crippen LogP) is 0.701. The summed E-state index contributed by atoms with van der Waals surface area (Å²) >= 11 is 0. The minimum atomic E-state index is -0.981. The molecular weight excluding hydrogens is 170 g/mol. The van der Waals surface area contributed by atoms with Crippen LogP contribution in [0.3, 0.4) is 0 Å². The number of aliphatic hydroxyl groups is 1. The Kier molecular flexibility index (Phi) is 4.92. The van der Waals surface area contributed by atoms with E-state index in [-0.39, 0.29) is 12.7 Å². The molecule has 0 radical (unpaired) electrons. The van der Waals surface area contributed by atoms with E-state index in [4.69, 9.17) is 14.7 Å². The van der Waals surface area contributed by atoms with Crippen LogP contribution < -0.4 is 0 Å². The van der Waals surface area contributed by atoms with Gasteiger partial charge in [0.25, 0.3) is 0 Å². The highest BCUT2D eigenvalue weighted by atomic mass is 16.6. The van der Waals surface area contributed by atoms with Crippen LogP contribution in [0.1, 0.15) is 20.8 Å². The van der Waals surface area contributed by atoms with Crippen molar-refractivity contribution in [2.45, 2.75) is 38.6 Å². The molecule has 0 aliphatic carbocycles. The summed E-state index contributed by atoms with van der Waals surface area (Å²) in [6, 6.07) is 2.01. The molecule has 0 fully saturated rings. The minimum absolute atomic E-state index is 0.195. The molecule has 0 aliphatic rings. The molecule has 3 unspecified atom stereocenters. The second kappa shape index (κ2) is 5.18. The first kappa shape index (κ1) is 12.4. The van der Waals surface area contributed by atoms with Gasteiger partial charge in [0.2, 0.25) is 0 Å². The van der Waals surface area contributed by atoms with E-state index in [2.05, 4.69) is 0 Å². The summed E-state index contributed by atoms with van der Waals surface area (Å²) in [5, 5.41) is 18.0. The first-order valence-electron chi connectivity index (χ1n) is 4.21. The van der Waals surface area contributed by atoms with E-state index in [1.54, 1.807) is 20.8 Å². The van der Waals surface area contributed by atoms with Crippen LogP contribution in [0, 0.1) is 11.3 Å². The van der Waals surface area contributed by atoms with Crippen LogP contribution in [-0.4, -0.2) is 36.6 Å². The normalized spacial score (nSPS) is 20.0. The molecule has 0 aliphatic heterocycles. The summed E-state index contributed by atoms with van der Waals surface area (Å²) in [4.78, 5) is 0. The lowest BCUT2D eigenvalue weighted by atomic mass is 10.1. The Morgan fingerprint density at radius 2 is 2.08 bits per heavy atom. The molecule has 0 aromatic heterocycles. The predicted molar refractivity (Wildman–Crippen MR) is 48.1 cm³/mol.